The van der Waals surface area contributed by atoms with Gasteiger partial charge in [0, 0.05) is 74.5 Å². The molecule has 8 nitrogen and oxygen atoms in total. The van der Waals surface area contributed by atoms with Gasteiger partial charge in [0.25, 0.3) is 11.5 Å². The zero-order valence-corrected chi connectivity index (χ0v) is 26.0. The van der Waals surface area contributed by atoms with Gasteiger partial charge in [0.05, 0.1) is 6.61 Å². The lowest BCUT2D eigenvalue weighted by molar-refractivity contribution is 0.0853. The second-order valence-corrected chi connectivity index (χ2v) is 11.9. The highest BCUT2D eigenvalue weighted by molar-refractivity contribution is 5.97. The maximum atomic E-state index is 13.7. The molecule has 4 rings (SSSR count). The Morgan fingerprint density at radius 1 is 1.05 bits per heavy atom. The fraction of sp³-hybridized carbons (Fsp3) is 0.636. The molecular formula is C33H50N4O4. The standard InChI is InChI=1S/C33H50N4O4/c1-7-37(28-10-8-27(9-11-28)36(5)14-17-40-6)31-20-26(25-12-15-41-16-13-25)19-29(24(31)4)32(38)34-21-30-22(2)18-23(3)35-33(30)39/h18-20,25,27-28H,7-17,21H2,1-6H3,(H,34,38)(H,35,39). The molecule has 0 unspecified atom stereocenters. The Morgan fingerprint density at radius 3 is 2.37 bits per heavy atom. The number of rotatable bonds is 11. The lowest BCUT2D eigenvalue weighted by Crippen LogP contribution is -2.44. The van der Waals surface area contributed by atoms with Gasteiger partial charge in [-0.1, -0.05) is 0 Å². The second kappa shape index (κ2) is 14.5. The largest absolute Gasteiger partial charge is 0.383 e. The van der Waals surface area contributed by atoms with Crippen LogP contribution in [-0.2, 0) is 16.0 Å². The Labute approximate surface area is 245 Å². The number of aromatic nitrogens is 1. The van der Waals surface area contributed by atoms with E-state index in [0.29, 0.717) is 29.1 Å². The molecule has 0 radical (unpaired) electrons. The number of amides is 1. The van der Waals surface area contributed by atoms with Gasteiger partial charge >= 0.3 is 0 Å². The molecule has 0 atom stereocenters. The molecule has 0 bridgehead atoms. The van der Waals surface area contributed by atoms with Crippen molar-refractivity contribution < 1.29 is 14.3 Å². The number of nitrogens with zero attached hydrogens (tertiary/aromatic N) is 2. The normalized spacial score (nSPS) is 19.9. The highest BCUT2D eigenvalue weighted by atomic mass is 16.5. The number of hydrogen-bond acceptors (Lipinski definition) is 6. The molecule has 41 heavy (non-hydrogen) atoms. The van der Waals surface area contributed by atoms with Crippen molar-refractivity contribution in [2.75, 3.05) is 52.0 Å². The Morgan fingerprint density at radius 2 is 1.73 bits per heavy atom. The summed E-state index contributed by atoms with van der Waals surface area (Å²) < 4.78 is 10.9. The van der Waals surface area contributed by atoms with Crippen molar-refractivity contribution in [3.05, 3.63) is 62.1 Å². The summed E-state index contributed by atoms with van der Waals surface area (Å²) in [5.74, 6) is 0.247. The summed E-state index contributed by atoms with van der Waals surface area (Å²) in [6, 6.07) is 7.41. The van der Waals surface area contributed by atoms with E-state index in [1.54, 1.807) is 7.11 Å². The molecule has 1 aromatic carbocycles. The number of likely N-dealkylation sites (N-methyl/N-ethyl adjacent to an activating group) is 1. The van der Waals surface area contributed by atoms with Crippen LogP contribution in [-0.4, -0.2) is 74.9 Å². The first-order chi connectivity index (χ1) is 19.7. The molecule has 1 saturated carbocycles. The number of H-pyrrole nitrogens is 1. The minimum atomic E-state index is -0.142. The monoisotopic (exact) mass is 566 g/mol. The molecular weight excluding hydrogens is 516 g/mol. The average Bonchev–Trinajstić information content (AvgIpc) is 2.97. The van der Waals surface area contributed by atoms with Crippen LogP contribution in [0.15, 0.2) is 23.0 Å². The van der Waals surface area contributed by atoms with Crippen molar-refractivity contribution in [1.29, 1.82) is 0 Å². The molecule has 2 fully saturated rings. The minimum Gasteiger partial charge on any atom is -0.383 e. The summed E-state index contributed by atoms with van der Waals surface area (Å²) in [5, 5.41) is 3.07. The molecule has 1 aliphatic carbocycles. The quantitative estimate of drug-likeness (QED) is 0.405. The number of methoxy groups -OCH3 is 1. The molecule has 2 aliphatic rings. The molecule has 2 N–H and O–H groups in total. The van der Waals surface area contributed by atoms with Gasteiger partial charge in [0.15, 0.2) is 0 Å². The second-order valence-electron chi connectivity index (χ2n) is 11.9. The van der Waals surface area contributed by atoms with Gasteiger partial charge < -0.3 is 29.6 Å². The summed E-state index contributed by atoms with van der Waals surface area (Å²) in [4.78, 5) is 34.1. The summed E-state index contributed by atoms with van der Waals surface area (Å²) >= 11 is 0. The number of aryl methyl sites for hydroxylation is 2. The zero-order chi connectivity index (χ0) is 29.5. The highest BCUT2D eigenvalue weighted by Crippen LogP contribution is 2.37. The lowest BCUT2D eigenvalue weighted by atomic mass is 9.86. The van der Waals surface area contributed by atoms with E-state index in [-0.39, 0.29) is 18.0 Å². The Balaban J connectivity index is 1.59. The van der Waals surface area contributed by atoms with Crippen LogP contribution in [0, 0.1) is 20.8 Å². The topological polar surface area (TPSA) is 86.9 Å². The maximum Gasteiger partial charge on any atom is 0.253 e. The molecule has 2 heterocycles. The summed E-state index contributed by atoms with van der Waals surface area (Å²) in [6.07, 6.45) is 6.52. The SMILES string of the molecule is CCN(c1cc(C2CCOCC2)cc(C(=O)NCc2c(C)cc(C)[nH]c2=O)c1C)C1CCC(N(C)CCOC)CC1. The third-order valence-corrected chi connectivity index (χ3v) is 9.29. The van der Waals surface area contributed by atoms with Crippen molar-refractivity contribution in [2.24, 2.45) is 0 Å². The fourth-order valence-electron chi connectivity index (χ4n) is 6.74. The first kappa shape index (κ1) is 31.3. The number of nitrogens with one attached hydrogen (secondary N) is 2. The van der Waals surface area contributed by atoms with Gasteiger partial charge in [0.1, 0.15) is 0 Å². The lowest BCUT2D eigenvalue weighted by Gasteiger charge is -2.41. The van der Waals surface area contributed by atoms with Crippen LogP contribution in [0.25, 0.3) is 0 Å². The van der Waals surface area contributed by atoms with Crippen LogP contribution in [0.5, 0.6) is 0 Å². The Bertz CT molecular complexity index is 1230. The number of hydrogen-bond donors (Lipinski definition) is 2. The number of carbonyl (C=O) groups is 1. The van der Waals surface area contributed by atoms with Crippen molar-refractivity contribution >= 4 is 11.6 Å². The minimum absolute atomic E-state index is 0.128. The van der Waals surface area contributed by atoms with E-state index < -0.39 is 0 Å². The first-order valence-corrected chi connectivity index (χ1v) is 15.4. The van der Waals surface area contributed by atoms with Gasteiger partial charge in [-0.25, -0.2) is 0 Å². The van der Waals surface area contributed by atoms with Gasteiger partial charge in [-0.3, -0.25) is 9.59 Å². The van der Waals surface area contributed by atoms with Gasteiger partial charge in [-0.2, -0.15) is 0 Å². The smallest absolute Gasteiger partial charge is 0.253 e. The van der Waals surface area contributed by atoms with Crippen LogP contribution in [0.3, 0.4) is 0 Å². The molecule has 8 heteroatoms. The van der Waals surface area contributed by atoms with Gasteiger partial charge in [-0.15, -0.1) is 0 Å². The van der Waals surface area contributed by atoms with Crippen LogP contribution < -0.4 is 15.8 Å². The Kier molecular flexibility index (Phi) is 11.0. The van der Waals surface area contributed by atoms with E-state index >= 15 is 0 Å². The van der Waals surface area contributed by atoms with Crippen LogP contribution >= 0.6 is 0 Å². The third-order valence-electron chi connectivity index (χ3n) is 9.29. The van der Waals surface area contributed by atoms with Crippen LogP contribution in [0.2, 0.25) is 0 Å². The van der Waals surface area contributed by atoms with Crippen molar-refractivity contribution in [1.82, 2.24) is 15.2 Å². The molecule has 1 aliphatic heterocycles. The molecule has 1 aromatic heterocycles. The molecule has 1 saturated heterocycles. The number of ether oxygens (including phenoxy) is 2. The van der Waals surface area contributed by atoms with Crippen molar-refractivity contribution in [3.8, 4) is 0 Å². The number of aromatic amines is 1. The fourth-order valence-corrected chi connectivity index (χ4v) is 6.74. The molecule has 226 valence electrons. The predicted octanol–water partition coefficient (Wildman–Crippen LogP) is 4.84. The number of pyridine rings is 1. The van der Waals surface area contributed by atoms with Gasteiger partial charge in [0.2, 0.25) is 0 Å². The van der Waals surface area contributed by atoms with Crippen LogP contribution in [0.4, 0.5) is 5.69 Å². The number of carbonyl (C=O) groups excluding carboxylic acids is 1. The van der Waals surface area contributed by atoms with Crippen molar-refractivity contribution in [2.45, 2.75) is 90.8 Å². The number of benzene rings is 1. The predicted molar refractivity (Wildman–Crippen MR) is 165 cm³/mol. The molecule has 1 amide bonds. The first-order valence-electron chi connectivity index (χ1n) is 15.4. The average molecular weight is 567 g/mol. The van der Waals surface area contributed by atoms with Gasteiger partial charge in [-0.05, 0) is 114 Å². The highest BCUT2D eigenvalue weighted by Gasteiger charge is 2.30. The summed E-state index contributed by atoms with van der Waals surface area (Å²) in [7, 11) is 3.97. The van der Waals surface area contributed by atoms with E-state index in [1.165, 1.54) is 11.3 Å². The van der Waals surface area contributed by atoms with E-state index in [1.807, 2.05) is 19.9 Å². The van der Waals surface area contributed by atoms with Crippen molar-refractivity contribution in [3.63, 3.8) is 0 Å². The summed E-state index contributed by atoms with van der Waals surface area (Å²) in [5.41, 5.74) is 6.27. The van der Waals surface area contributed by atoms with E-state index in [2.05, 4.69) is 53.1 Å². The van der Waals surface area contributed by atoms with E-state index in [0.717, 1.165) is 88.3 Å². The third kappa shape index (κ3) is 7.59. The maximum absolute atomic E-state index is 13.7. The Hall–Kier alpha value is -2.68. The van der Waals surface area contributed by atoms with Crippen LogP contribution in [0.1, 0.15) is 89.7 Å². The zero-order valence-electron chi connectivity index (χ0n) is 26.0. The van der Waals surface area contributed by atoms with E-state index in [9.17, 15) is 9.59 Å². The molecule has 0 spiro atoms. The van der Waals surface area contributed by atoms with E-state index in [4.69, 9.17) is 9.47 Å². The molecule has 2 aromatic rings. The number of anilines is 1. The summed E-state index contributed by atoms with van der Waals surface area (Å²) in [6.45, 7) is 12.4.